The summed E-state index contributed by atoms with van der Waals surface area (Å²) >= 11 is 3.49. The van der Waals surface area contributed by atoms with Crippen LogP contribution in [-0.4, -0.2) is 31.8 Å². The number of anilines is 1. The van der Waals surface area contributed by atoms with Gasteiger partial charge in [0.1, 0.15) is 5.75 Å². The van der Waals surface area contributed by atoms with Gasteiger partial charge in [-0.05, 0) is 73.4 Å². The van der Waals surface area contributed by atoms with Crippen molar-refractivity contribution in [3.63, 3.8) is 0 Å². The Bertz CT molecular complexity index is 1230. The van der Waals surface area contributed by atoms with Crippen LogP contribution in [0.5, 0.6) is 5.75 Å². The number of benzene rings is 3. The van der Waals surface area contributed by atoms with Gasteiger partial charge in [-0.1, -0.05) is 53.2 Å². The average Bonchev–Trinajstić information content (AvgIpc) is 2.81. The van der Waals surface area contributed by atoms with Crippen molar-refractivity contribution in [1.29, 1.82) is 0 Å². The number of hydrogen-bond donors (Lipinski definition) is 1. The predicted molar refractivity (Wildman–Crippen MR) is 139 cm³/mol. The van der Waals surface area contributed by atoms with Crippen molar-refractivity contribution < 1.29 is 17.9 Å². The van der Waals surface area contributed by atoms with Gasteiger partial charge in [0.25, 0.3) is 0 Å². The van der Waals surface area contributed by atoms with E-state index in [9.17, 15) is 13.2 Å². The second kappa shape index (κ2) is 11.6. The topological polar surface area (TPSA) is 75.7 Å². The molecule has 3 aromatic rings. The van der Waals surface area contributed by atoms with Crippen LogP contribution in [0.1, 0.15) is 30.5 Å². The second-order valence-electron chi connectivity index (χ2n) is 7.82. The minimum Gasteiger partial charge on any atom is -0.494 e. The van der Waals surface area contributed by atoms with Gasteiger partial charge in [-0.15, -0.1) is 0 Å². The molecule has 6 nitrogen and oxygen atoms in total. The smallest absolute Gasteiger partial charge is 0.243 e. The van der Waals surface area contributed by atoms with E-state index in [1.807, 2.05) is 63.2 Å². The Morgan fingerprint density at radius 1 is 1.03 bits per heavy atom. The molecule has 0 heterocycles. The number of sulfonamides is 1. The minimum absolute atomic E-state index is 0.0732. The highest BCUT2D eigenvalue weighted by atomic mass is 79.9. The van der Waals surface area contributed by atoms with E-state index in [2.05, 4.69) is 21.2 Å². The number of halogens is 1. The van der Waals surface area contributed by atoms with Crippen LogP contribution >= 0.6 is 15.9 Å². The van der Waals surface area contributed by atoms with Crippen LogP contribution in [0.25, 0.3) is 0 Å². The molecular weight excluding hydrogens is 516 g/mol. The molecule has 0 spiro atoms. The molecule has 1 N–H and O–H groups in total. The highest BCUT2D eigenvalue weighted by molar-refractivity contribution is 9.10. The molecule has 0 saturated heterocycles. The Hall–Kier alpha value is -2.68. The fourth-order valence-electron chi connectivity index (χ4n) is 3.65. The highest BCUT2D eigenvalue weighted by Gasteiger charge is 2.27. The minimum atomic E-state index is -3.94. The van der Waals surface area contributed by atoms with Gasteiger partial charge in [0.15, 0.2) is 0 Å². The van der Waals surface area contributed by atoms with Gasteiger partial charge in [-0.25, -0.2) is 8.42 Å². The fraction of sp³-hybridized carbons (Fsp3) is 0.269. The molecule has 8 heteroatoms. The van der Waals surface area contributed by atoms with Crippen molar-refractivity contribution in [2.75, 3.05) is 18.5 Å². The summed E-state index contributed by atoms with van der Waals surface area (Å²) in [6.45, 7) is 6.03. The zero-order chi connectivity index (χ0) is 24.7. The van der Waals surface area contributed by atoms with Crippen LogP contribution in [0.3, 0.4) is 0 Å². The molecule has 0 aliphatic carbocycles. The standard InChI is InChI=1S/C26H29BrN2O4S/c1-4-21-16-22(27)15-19(3)26(21)28-25(30)18-29(17-20-9-7-6-8-10-20)34(31,32)24-13-11-23(12-14-24)33-5-2/h6-16H,4-5,17-18H2,1-3H3,(H,28,30). The first-order valence-corrected chi connectivity index (χ1v) is 13.3. The summed E-state index contributed by atoms with van der Waals surface area (Å²) in [7, 11) is -3.94. The first-order valence-electron chi connectivity index (χ1n) is 11.1. The Morgan fingerprint density at radius 2 is 1.71 bits per heavy atom. The van der Waals surface area contributed by atoms with Crippen molar-refractivity contribution in [2.45, 2.75) is 38.6 Å². The van der Waals surface area contributed by atoms with Crippen molar-refractivity contribution in [1.82, 2.24) is 4.31 Å². The number of aryl methyl sites for hydroxylation is 2. The van der Waals surface area contributed by atoms with Gasteiger partial charge in [0.2, 0.25) is 15.9 Å². The fourth-order valence-corrected chi connectivity index (χ4v) is 5.65. The predicted octanol–water partition coefficient (Wildman–Crippen LogP) is 5.55. The molecule has 3 rings (SSSR count). The lowest BCUT2D eigenvalue weighted by Crippen LogP contribution is -2.37. The van der Waals surface area contributed by atoms with Crippen molar-refractivity contribution in [2.24, 2.45) is 0 Å². The zero-order valence-electron chi connectivity index (χ0n) is 19.5. The normalized spacial score (nSPS) is 11.4. The quantitative estimate of drug-likeness (QED) is 0.363. The Morgan fingerprint density at radius 3 is 2.32 bits per heavy atom. The van der Waals surface area contributed by atoms with Gasteiger partial charge in [-0.3, -0.25) is 4.79 Å². The van der Waals surface area contributed by atoms with Crippen LogP contribution < -0.4 is 10.1 Å². The Balaban J connectivity index is 1.90. The van der Waals surface area contributed by atoms with E-state index in [0.29, 0.717) is 18.0 Å². The van der Waals surface area contributed by atoms with E-state index in [-0.39, 0.29) is 18.0 Å². The third kappa shape index (κ3) is 6.46. The number of carbonyl (C=O) groups excluding carboxylic acids is 1. The van der Waals surface area contributed by atoms with Crippen LogP contribution in [-0.2, 0) is 27.8 Å². The van der Waals surface area contributed by atoms with E-state index >= 15 is 0 Å². The molecule has 0 aliphatic rings. The first-order chi connectivity index (χ1) is 16.2. The largest absolute Gasteiger partial charge is 0.494 e. The molecule has 0 aliphatic heterocycles. The summed E-state index contributed by atoms with van der Waals surface area (Å²) in [4.78, 5) is 13.2. The highest BCUT2D eigenvalue weighted by Crippen LogP contribution is 2.27. The lowest BCUT2D eigenvalue weighted by molar-refractivity contribution is -0.116. The summed E-state index contributed by atoms with van der Waals surface area (Å²) in [6.07, 6.45) is 0.730. The van der Waals surface area contributed by atoms with Gasteiger partial charge in [0.05, 0.1) is 18.0 Å². The zero-order valence-corrected chi connectivity index (χ0v) is 21.9. The molecule has 0 atom stereocenters. The molecule has 0 aromatic heterocycles. The third-order valence-corrected chi connectivity index (χ3v) is 7.59. The molecule has 0 saturated carbocycles. The lowest BCUT2D eigenvalue weighted by Gasteiger charge is -2.23. The van der Waals surface area contributed by atoms with Crippen molar-refractivity contribution >= 4 is 37.5 Å². The molecular formula is C26H29BrN2O4S. The SMILES string of the molecule is CCOc1ccc(S(=O)(=O)N(CC(=O)Nc2c(C)cc(Br)cc2CC)Cc2ccccc2)cc1. The Kier molecular flexibility index (Phi) is 8.88. The molecule has 1 amide bonds. The van der Waals surface area contributed by atoms with Crippen LogP contribution in [0.4, 0.5) is 5.69 Å². The number of nitrogens with zero attached hydrogens (tertiary/aromatic N) is 1. The summed E-state index contributed by atoms with van der Waals surface area (Å²) < 4.78 is 34.6. The summed E-state index contributed by atoms with van der Waals surface area (Å²) in [6, 6.07) is 19.4. The van der Waals surface area contributed by atoms with E-state index in [1.54, 1.807) is 12.1 Å². The van der Waals surface area contributed by atoms with Gasteiger partial charge in [-0.2, -0.15) is 4.31 Å². The summed E-state index contributed by atoms with van der Waals surface area (Å²) in [5.74, 6) is 0.192. The number of carbonyl (C=O) groups is 1. The summed E-state index contributed by atoms with van der Waals surface area (Å²) in [5, 5.41) is 2.94. The molecule has 0 radical (unpaired) electrons. The van der Waals surface area contributed by atoms with Gasteiger partial charge < -0.3 is 10.1 Å². The van der Waals surface area contributed by atoms with Crippen LogP contribution in [0, 0.1) is 6.92 Å². The number of hydrogen-bond acceptors (Lipinski definition) is 4. The summed E-state index contributed by atoms with van der Waals surface area (Å²) in [5.41, 5.74) is 3.39. The number of amides is 1. The average molecular weight is 545 g/mol. The van der Waals surface area contributed by atoms with Gasteiger partial charge in [0, 0.05) is 16.7 Å². The molecule has 0 bridgehead atoms. The van der Waals surface area contributed by atoms with Crippen molar-refractivity contribution in [3.8, 4) is 5.75 Å². The van der Waals surface area contributed by atoms with E-state index in [0.717, 1.165) is 27.6 Å². The lowest BCUT2D eigenvalue weighted by atomic mass is 10.1. The van der Waals surface area contributed by atoms with E-state index in [4.69, 9.17) is 4.74 Å². The molecule has 3 aromatic carbocycles. The van der Waals surface area contributed by atoms with E-state index < -0.39 is 15.9 Å². The number of rotatable bonds is 10. The molecule has 0 unspecified atom stereocenters. The maximum absolute atomic E-state index is 13.5. The Labute approximate surface area is 210 Å². The maximum Gasteiger partial charge on any atom is 0.243 e. The maximum atomic E-state index is 13.5. The monoisotopic (exact) mass is 544 g/mol. The molecule has 0 fully saturated rings. The third-order valence-electron chi connectivity index (χ3n) is 5.32. The van der Waals surface area contributed by atoms with Crippen LogP contribution in [0.15, 0.2) is 76.1 Å². The number of nitrogens with one attached hydrogen (secondary N) is 1. The van der Waals surface area contributed by atoms with Crippen molar-refractivity contribution in [3.05, 3.63) is 87.9 Å². The molecule has 180 valence electrons. The number of ether oxygens (including phenoxy) is 1. The van der Waals surface area contributed by atoms with Crippen LogP contribution in [0.2, 0.25) is 0 Å². The van der Waals surface area contributed by atoms with E-state index in [1.165, 1.54) is 16.4 Å². The molecule has 34 heavy (non-hydrogen) atoms. The second-order valence-corrected chi connectivity index (χ2v) is 10.7. The van der Waals surface area contributed by atoms with Gasteiger partial charge >= 0.3 is 0 Å². The first kappa shape index (κ1) is 25.9.